The first-order valence-electron chi connectivity index (χ1n) is 9.24. The summed E-state index contributed by atoms with van der Waals surface area (Å²) in [5, 5.41) is 30.2. The van der Waals surface area contributed by atoms with Crippen molar-refractivity contribution in [3.8, 4) is 17.1 Å². The number of halogens is 1. The van der Waals surface area contributed by atoms with Gasteiger partial charge in [0.2, 0.25) is 11.6 Å². The second-order valence-electron chi connectivity index (χ2n) is 6.67. The van der Waals surface area contributed by atoms with Crippen molar-refractivity contribution in [3.05, 3.63) is 74.4 Å². The summed E-state index contributed by atoms with van der Waals surface area (Å²) in [6.45, 7) is 1.91. The molecule has 0 bridgehead atoms. The number of benzene rings is 2. The predicted molar refractivity (Wildman–Crippen MR) is 117 cm³/mol. The van der Waals surface area contributed by atoms with Gasteiger partial charge in [-0.05, 0) is 23.3 Å². The standard InChI is InChI=1S/C19H14ClN9O4/c1-10-5-7-11(8-6-10)16-15(23-27-28(16)18-17(21)25-33-26-18)19(30)24-22-9-12-13(20)3-2-4-14(12)29(31)32/h2-9H,1H3,(H2,21,25)(H,24,30)/b22-9-. The maximum Gasteiger partial charge on any atom is 0.294 e. The Morgan fingerprint density at radius 1 is 1.27 bits per heavy atom. The number of carbonyl (C=O) groups is 1. The number of nitro groups is 1. The number of aromatic nitrogens is 5. The number of anilines is 1. The third-order valence-corrected chi connectivity index (χ3v) is 4.82. The van der Waals surface area contributed by atoms with Crippen LogP contribution in [0.1, 0.15) is 21.6 Å². The minimum absolute atomic E-state index is 0.0355. The van der Waals surface area contributed by atoms with Crippen molar-refractivity contribution in [2.24, 2.45) is 5.10 Å². The van der Waals surface area contributed by atoms with Crippen LogP contribution in [0.25, 0.3) is 17.1 Å². The van der Waals surface area contributed by atoms with Gasteiger partial charge in [-0.1, -0.05) is 52.7 Å². The number of hydrogen-bond donors (Lipinski definition) is 2. The number of nitrogens with two attached hydrogens (primary N) is 1. The number of hydrogen-bond acceptors (Lipinski definition) is 10. The summed E-state index contributed by atoms with van der Waals surface area (Å²) in [6.07, 6.45) is 1.08. The average molecular weight is 468 g/mol. The van der Waals surface area contributed by atoms with E-state index in [9.17, 15) is 14.9 Å². The fourth-order valence-corrected chi connectivity index (χ4v) is 3.13. The first-order chi connectivity index (χ1) is 15.9. The van der Waals surface area contributed by atoms with Gasteiger partial charge >= 0.3 is 0 Å². The van der Waals surface area contributed by atoms with Crippen LogP contribution in [0.3, 0.4) is 0 Å². The quantitative estimate of drug-likeness (QED) is 0.244. The fraction of sp³-hybridized carbons (Fsp3) is 0.0526. The Morgan fingerprint density at radius 2 is 2.03 bits per heavy atom. The van der Waals surface area contributed by atoms with Gasteiger partial charge in [0.05, 0.1) is 21.7 Å². The van der Waals surface area contributed by atoms with Crippen LogP contribution in [0, 0.1) is 17.0 Å². The Balaban J connectivity index is 1.70. The topological polar surface area (TPSA) is 180 Å². The molecule has 1 amide bonds. The lowest BCUT2D eigenvalue weighted by Gasteiger charge is -2.06. The van der Waals surface area contributed by atoms with Crippen molar-refractivity contribution < 1.29 is 14.3 Å². The molecular formula is C19H14ClN9O4. The zero-order valence-electron chi connectivity index (χ0n) is 16.8. The highest BCUT2D eigenvalue weighted by molar-refractivity contribution is 6.33. The molecule has 0 saturated heterocycles. The van der Waals surface area contributed by atoms with Gasteiger partial charge in [0.15, 0.2) is 5.69 Å². The van der Waals surface area contributed by atoms with E-state index in [4.69, 9.17) is 17.3 Å². The Kier molecular flexibility index (Phi) is 5.78. The van der Waals surface area contributed by atoms with E-state index in [0.717, 1.165) is 11.8 Å². The number of nitro benzene ring substituents is 1. The summed E-state index contributed by atoms with van der Waals surface area (Å²) in [7, 11) is 0. The first kappa shape index (κ1) is 21.6. The van der Waals surface area contributed by atoms with Crippen LogP contribution in [0.2, 0.25) is 5.02 Å². The Labute approximate surface area is 190 Å². The number of rotatable bonds is 6. The first-order valence-corrected chi connectivity index (χ1v) is 9.62. The molecule has 0 radical (unpaired) electrons. The normalized spacial score (nSPS) is 11.1. The molecule has 4 aromatic rings. The summed E-state index contributed by atoms with van der Waals surface area (Å²) in [5.41, 5.74) is 9.57. The van der Waals surface area contributed by atoms with Crippen LogP contribution in [-0.4, -0.2) is 42.4 Å². The number of aryl methyl sites for hydroxylation is 1. The Morgan fingerprint density at radius 3 is 2.70 bits per heavy atom. The van der Waals surface area contributed by atoms with Crippen LogP contribution < -0.4 is 11.2 Å². The average Bonchev–Trinajstić information content (AvgIpc) is 3.41. The molecule has 0 spiro atoms. The molecule has 13 nitrogen and oxygen atoms in total. The molecule has 14 heteroatoms. The van der Waals surface area contributed by atoms with Gasteiger partial charge in [-0.2, -0.15) is 9.78 Å². The molecule has 33 heavy (non-hydrogen) atoms. The molecule has 2 aromatic carbocycles. The van der Waals surface area contributed by atoms with E-state index >= 15 is 0 Å². The molecule has 3 N–H and O–H groups in total. The van der Waals surface area contributed by atoms with Crippen molar-refractivity contribution >= 4 is 35.2 Å². The van der Waals surface area contributed by atoms with E-state index in [-0.39, 0.29) is 39.3 Å². The third-order valence-electron chi connectivity index (χ3n) is 4.49. The zero-order chi connectivity index (χ0) is 23.5. The van der Waals surface area contributed by atoms with E-state index in [1.807, 2.05) is 19.1 Å². The Hall–Kier alpha value is -4.65. The van der Waals surface area contributed by atoms with Gasteiger partial charge < -0.3 is 5.73 Å². The van der Waals surface area contributed by atoms with Crippen LogP contribution >= 0.6 is 11.6 Å². The van der Waals surface area contributed by atoms with Crippen LogP contribution in [0.15, 0.2) is 52.2 Å². The molecular weight excluding hydrogens is 454 g/mol. The van der Waals surface area contributed by atoms with Crippen molar-refractivity contribution in [1.29, 1.82) is 0 Å². The van der Waals surface area contributed by atoms with E-state index in [1.54, 1.807) is 12.1 Å². The lowest BCUT2D eigenvalue weighted by Crippen LogP contribution is -2.19. The van der Waals surface area contributed by atoms with Crippen molar-refractivity contribution in [1.82, 2.24) is 30.7 Å². The summed E-state index contributed by atoms with van der Waals surface area (Å²) < 4.78 is 5.85. The molecule has 0 fully saturated rings. The largest absolute Gasteiger partial charge is 0.378 e. The number of amides is 1. The molecule has 2 heterocycles. The lowest BCUT2D eigenvalue weighted by atomic mass is 10.1. The minimum atomic E-state index is -0.738. The Bertz CT molecular complexity index is 1380. The monoisotopic (exact) mass is 467 g/mol. The van der Waals surface area contributed by atoms with Crippen molar-refractivity contribution in [2.75, 3.05) is 5.73 Å². The summed E-state index contributed by atoms with van der Waals surface area (Å²) >= 11 is 6.03. The number of nitrogens with one attached hydrogen (secondary N) is 1. The highest BCUT2D eigenvalue weighted by Crippen LogP contribution is 2.27. The van der Waals surface area contributed by atoms with E-state index in [2.05, 4.69) is 35.8 Å². The molecule has 166 valence electrons. The number of nitrogens with zero attached hydrogens (tertiary/aromatic N) is 7. The molecule has 0 atom stereocenters. The number of nitrogen functional groups attached to an aromatic ring is 1. The van der Waals surface area contributed by atoms with Crippen LogP contribution in [0.4, 0.5) is 11.5 Å². The highest BCUT2D eigenvalue weighted by Gasteiger charge is 2.25. The van der Waals surface area contributed by atoms with Gasteiger partial charge in [0.1, 0.15) is 5.69 Å². The fourth-order valence-electron chi connectivity index (χ4n) is 2.91. The van der Waals surface area contributed by atoms with E-state index < -0.39 is 10.8 Å². The summed E-state index contributed by atoms with van der Waals surface area (Å²) in [5.74, 6) is -0.741. The number of hydrazone groups is 1. The third kappa shape index (κ3) is 4.24. The van der Waals surface area contributed by atoms with Gasteiger partial charge in [-0.3, -0.25) is 14.9 Å². The summed E-state index contributed by atoms with van der Waals surface area (Å²) in [4.78, 5) is 23.5. The van der Waals surface area contributed by atoms with Gasteiger partial charge in [-0.25, -0.2) is 10.1 Å². The van der Waals surface area contributed by atoms with Crippen LogP contribution in [0.5, 0.6) is 0 Å². The zero-order valence-corrected chi connectivity index (χ0v) is 17.6. The lowest BCUT2D eigenvalue weighted by molar-refractivity contribution is -0.385. The smallest absolute Gasteiger partial charge is 0.294 e. The molecule has 2 aromatic heterocycles. The van der Waals surface area contributed by atoms with Crippen molar-refractivity contribution in [2.45, 2.75) is 6.92 Å². The molecule has 0 saturated carbocycles. The second kappa shape index (κ2) is 8.84. The molecule has 0 unspecified atom stereocenters. The SMILES string of the molecule is Cc1ccc(-c2c(C(=O)N/N=C\c3c(Cl)cccc3[N+](=O)[O-])nnn2-c2nonc2N)cc1. The highest BCUT2D eigenvalue weighted by atomic mass is 35.5. The van der Waals surface area contributed by atoms with Gasteiger partial charge in [-0.15, -0.1) is 5.10 Å². The molecule has 4 rings (SSSR count). The maximum absolute atomic E-state index is 12.9. The number of carbonyl (C=O) groups excluding carboxylic acids is 1. The van der Waals surface area contributed by atoms with E-state index in [1.165, 1.54) is 22.9 Å². The predicted octanol–water partition coefficient (Wildman–Crippen LogP) is 2.53. The molecule has 0 aliphatic carbocycles. The maximum atomic E-state index is 12.9. The molecule has 0 aliphatic heterocycles. The second-order valence-corrected chi connectivity index (χ2v) is 7.07. The van der Waals surface area contributed by atoms with Crippen molar-refractivity contribution in [3.63, 3.8) is 0 Å². The van der Waals surface area contributed by atoms with E-state index in [0.29, 0.717) is 5.56 Å². The molecule has 0 aliphatic rings. The summed E-state index contributed by atoms with van der Waals surface area (Å²) in [6, 6.07) is 11.4. The van der Waals surface area contributed by atoms with Gasteiger partial charge in [0, 0.05) is 11.6 Å². The van der Waals surface area contributed by atoms with Crippen LogP contribution in [-0.2, 0) is 0 Å². The minimum Gasteiger partial charge on any atom is -0.378 e. The van der Waals surface area contributed by atoms with Gasteiger partial charge in [0.25, 0.3) is 11.6 Å².